The molecule has 4 heteroatoms. The van der Waals surface area contributed by atoms with E-state index in [0.29, 0.717) is 0 Å². The molecule has 1 saturated carbocycles. The zero-order valence-electron chi connectivity index (χ0n) is 9.39. The van der Waals surface area contributed by atoms with Gasteiger partial charge in [0.25, 0.3) is 0 Å². The molecule has 0 radical (unpaired) electrons. The van der Waals surface area contributed by atoms with Crippen LogP contribution in [0.15, 0.2) is 0 Å². The molecule has 0 N–H and O–H groups in total. The zero-order chi connectivity index (χ0) is 11.4. The van der Waals surface area contributed by atoms with Crippen LogP contribution in [0.2, 0.25) is 0 Å². The smallest absolute Gasteiger partial charge is 0.310 e. The summed E-state index contributed by atoms with van der Waals surface area (Å²) < 4.78 is 5.46. The van der Waals surface area contributed by atoms with Crippen molar-refractivity contribution < 1.29 is 14.3 Å². The summed E-state index contributed by atoms with van der Waals surface area (Å²) in [6.07, 6.45) is 6.51. The van der Waals surface area contributed by atoms with Crippen LogP contribution in [-0.2, 0) is 14.3 Å². The lowest BCUT2D eigenvalue weighted by atomic mass is 9.83. The van der Waals surface area contributed by atoms with Crippen molar-refractivity contribution in [1.29, 1.82) is 0 Å². The monoisotopic (exact) mass is 242 g/mol. The molecule has 1 heterocycles. The quantitative estimate of drug-likeness (QED) is 0.563. The molecule has 1 aliphatic carbocycles. The lowest BCUT2D eigenvalue weighted by Gasteiger charge is -2.24. The zero-order valence-corrected chi connectivity index (χ0v) is 10.2. The van der Waals surface area contributed by atoms with E-state index in [1.807, 2.05) is 0 Å². The maximum Gasteiger partial charge on any atom is 0.310 e. The Balaban J connectivity index is 1.75. The summed E-state index contributed by atoms with van der Waals surface area (Å²) in [4.78, 5) is 22.4. The van der Waals surface area contributed by atoms with Crippen molar-refractivity contribution in [2.75, 3.05) is 5.75 Å². The van der Waals surface area contributed by atoms with Gasteiger partial charge in [0.15, 0.2) is 0 Å². The molecule has 2 rings (SSSR count). The van der Waals surface area contributed by atoms with Gasteiger partial charge in [-0.05, 0) is 44.3 Å². The molecule has 2 fully saturated rings. The topological polar surface area (TPSA) is 43.4 Å². The highest BCUT2D eigenvalue weighted by Gasteiger charge is 2.29. The van der Waals surface area contributed by atoms with Crippen molar-refractivity contribution in [3.63, 3.8) is 0 Å². The minimum Gasteiger partial charge on any atom is -0.451 e. The molecule has 0 aromatic heterocycles. The van der Waals surface area contributed by atoms with Gasteiger partial charge in [-0.3, -0.25) is 4.79 Å². The van der Waals surface area contributed by atoms with E-state index in [4.69, 9.17) is 4.74 Å². The second-order valence-electron chi connectivity index (χ2n) is 4.63. The Hall–Kier alpha value is -0.510. The fourth-order valence-electron chi connectivity index (χ4n) is 2.36. The molecule has 16 heavy (non-hydrogen) atoms. The van der Waals surface area contributed by atoms with E-state index < -0.39 is 0 Å². The Kier molecular flexibility index (Phi) is 4.27. The predicted molar refractivity (Wildman–Crippen MR) is 63.1 cm³/mol. The number of carbonyl (C=O) groups is 2. The molecular weight excluding hydrogens is 224 g/mol. The van der Waals surface area contributed by atoms with Crippen molar-refractivity contribution in [1.82, 2.24) is 0 Å². The summed E-state index contributed by atoms with van der Waals surface area (Å²) in [7, 11) is 0. The molecule has 2 aliphatic rings. The molecule has 90 valence electrons. The molecule has 0 bridgehead atoms. The van der Waals surface area contributed by atoms with Crippen LogP contribution in [0.5, 0.6) is 0 Å². The lowest BCUT2D eigenvalue weighted by Crippen LogP contribution is -2.26. The number of rotatable bonds is 3. The highest BCUT2D eigenvalue weighted by molar-refractivity contribution is 8.00. The van der Waals surface area contributed by atoms with Gasteiger partial charge in [0.1, 0.15) is 11.7 Å². The minimum absolute atomic E-state index is 0.0382. The van der Waals surface area contributed by atoms with Crippen LogP contribution in [0.1, 0.15) is 38.5 Å². The molecule has 1 unspecified atom stereocenters. The molecule has 3 nitrogen and oxygen atoms in total. The Morgan fingerprint density at radius 3 is 2.50 bits per heavy atom. The number of carbonyl (C=O) groups excluding carboxylic acids is 2. The standard InChI is InChI=1S/C12H18O3S/c13-8-9-3-5-10(6-4-9)12(14)15-11-2-1-7-16-11/h8-11H,1-7H2. The van der Waals surface area contributed by atoms with Crippen molar-refractivity contribution in [3.8, 4) is 0 Å². The first-order valence-corrected chi connectivity index (χ1v) is 7.12. The lowest BCUT2D eigenvalue weighted by molar-refractivity contribution is -0.151. The first kappa shape index (κ1) is 12.0. The fraction of sp³-hybridized carbons (Fsp3) is 0.833. The number of aldehydes is 1. The average molecular weight is 242 g/mol. The molecule has 1 saturated heterocycles. The summed E-state index contributed by atoms with van der Waals surface area (Å²) in [6.45, 7) is 0. The third-order valence-corrected chi connectivity index (χ3v) is 4.66. The predicted octanol–water partition coefficient (Wildman–Crippen LogP) is 2.39. The van der Waals surface area contributed by atoms with Crippen molar-refractivity contribution in [3.05, 3.63) is 0 Å². The first-order chi connectivity index (χ1) is 7.79. The van der Waals surface area contributed by atoms with Gasteiger partial charge in [-0.25, -0.2) is 0 Å². The van der Waals surface area contributed by atoms with E-state index in [1.54, 1.807) is 11.8 Å². The second kappa shape index (κ2) is 5.71. The number of esters is 1. The van der Waals surface area contributed by atoms with E-state index >= 15 is 0 Å². The van der Waals surface area contributed by atoms with Gasteiger partial charge in [-0.15, -0.1) is 11.8 Å². The number of hydrogen-bond acceptors (Lipinski definition) is 4. The Morgan fingerprint density at radius 1 is 1.19 bits per heavy atom. The second-order valence-corrected chi connectivity index (χ2v) is 5.89. The van der Waals surface area contributed by atoms with Crippen molar-refractivity contribution >= 4 is 24.0 Å². The number of thioether (sulfide) groups is 1. The number of ether oxygens (including phenoxy) is 1. The van der Waals surface area contributed by atoms with Gasteiger partial charge in [0, 0.05) is 5.92 Å². The van der Waals surface area contributed by atoms with Crippen LogP contribution in [0.4, 0.5) is 0 Å². The summed E-state index contributed by atoms with van der Waals surface area (Å²) in [6, 6.07) is 0. The van der Waals surface area contributed by atoms with Crippen LogP contribution >= 0.6 is 11.8 Å². The van der Waals surface area contributed by atoms with Crippen molar-refractivity contribution in [2.24, 2.45) is 11.8 Å². The van der Waals surface area contributed by atoms with Crippen molar-refractivity contribution in [2.45, 2.75) is 44.0 Å². The van der Waals surface area contributed by atoms with Crippen LogP contribution in [-0.4, -0.2) is 23.4 Å². The van der Waals surface area contributed by atoms with Gasteiger partial charge >= 0.3 is 5.97 Å². The van der Waals surface area contributed by atoms with E-state index in [9.17, 15) is 9.59 Å². The molecule has 0 aromatic carbocycles. The maximum absolute atomic E-state index is 11.8. The van der Waals surface area contributed by atoms with E-state index in [2.05, 4.69) is 0 Å². The molecule has 1 aliphatic heterocycles. The minimum atomic E-state index is -0.0382. The van der Waals surface area contributed by atoms with Crippen LogP contribution in [0.3, 0.4) is 0 Å². The SMILES string of the molecule is O=CC1CCC(C(=O)OC2CCCS2)CC1. The normalized spacial score (nSPS) is 34.6. The van der Waals surface area contributed by atoms with Gasteiger partial charge in [0.2, 0.25) is 0 Å². The molecule has 0 spiro atoms. The van der Waals surface area contributed by atoms with Gasteiger partial charge in [0.05, 0.1) is 5.92 Å². The summed E-state index contributed by atoms with van der Waals surface area (Å²) in [5.41, 5.74) is 0.0938. The summed E-state index contributed by atoms with van der Waals surface area (Å²) in [5, 5.41) is 0. The van der Waals surface area contributed by atoms with Crippen LogP contribution in [0, 0.1) is 11.8 Å². The van der Waals surface area contributed by atoms with E-state index in [0.717, 1.165) is 50.6 Å². The Bertz CT molecular complexity index is 253. The molecule has 0 amide bonds. The number of hydrogen-bond donors (Lipinski definition) is 0. The Morgan fingerprint density at radius 2 is 1.94 bits per heavy atom. The Labute approximate surface area is 100 Å². The largest absolute Gasteiger partial charge is 0.451 e. The fourth-order valence-corrected chi connectivity index (χ4v) is 3.45. The molecule has 0 aromatic rings. The average Bonchev–Trinajstić information content (AvgIpc) is 2.82. The van der Waals surface area contributed by atoms with Gasteiger partial charge in [-0.2, -0.15) is 0 Å². The highest BCUT2D eigenvalue weighted by atomic mass is 32.2. The third kappa shape index (κ3) is 3.00. The molecular formula is C12H18O3S. The maximum atomic E-state index is 11.8. The van der Waals surface area contributed by atoms with E-state index in [-0.39, 0.29) is 23.2 Å². The highest BCUT2D eigenvalue weighted by Crippen LogP contribution is 2.32. The van der Waals surface area contributed by atoms with Crippen LogP contribution < -0.4 is 0 Å². The molecule has 1 atom stereocenters. The summed E-state index contributed by atoms with van der Waals surface area (Å²) in [5.74, 6) is 1.28. The van der Waals surface area contributed by atoms with Gasteiger partial charge in [-0.1, -0.05) is 0 Å². The summed E-state index contributed by atoms with van der Waals surface area (Å²) >= 11 is 1.74. The first-order valence-electron chi connectivity index (χ1n) is 6.07. The third-order valence-electron chi connectivity index (χ3n) is 3.43. The van der Waals surface area contributed by atoms with Gasteiger partial charge < -0.3 is 9.53 Å². The van der Waals surface area contributed by atoms with E-state index in [1.165, 1.54) is 0 Å². The van der Waals surface area contributed by atoms with Crippen LogP contribution in [0.25, 0.3) is 0 Å².